The molecule has 0 spiro atoms. The van der Waals surface area contributed by atoms with Gasteiger partial charge in [-0.15, -0.1) is 0 Å². The molecule has 0 aromatic carbocycles. The highest BCUT2D eigenvalue weighted by Crippen LogP contribution is 2.28. The van der Waals surface area contributed by atoms with Gasteiger partial charge in [0.2, 0.25) is 0 Å². The highest BCUT2D eigenvalue weighted by atomic mass is 19.4. The lowest BCUT2D eigenvalue weighted by molar-refractivity contribution is -0.141. The smallest absolute Gasteiger partial charge is 0.269 e. The van der Waals surface area contributed by atoms with Crippen LogP contribution < -0.4 is 0 Å². The van der Waals surface area contributed by atoms with E-state index in [2.05, 4.69) is 5.10 Å². The van der Waals surface area contributed by atoms with E-state index >= 15 is 0 Å². The molecular formula is C6H6F4N2. The Bertz CT molecular complexity index is 276. The molecule has 0 saturated carbocycles. The van der Waals surface area contributed by atoms with Crippen molar-refractivity contribution in [3.05, 3.63) is 17.5 Å². The molecule has 12 heavy (non-hydrogen) atoms. The maximum absolute atomic E-state index is 12.0. The van der Waals surface area contributed by atoms with Crippen LogP contribution in [0.15, 0.2) is 6.07 Å². The molecule has 0 aliphatic heterocycles. The van der Waals surface area contributed by atoms with Gasteiger partial charge in [-0.05, 0) is 6.07 Å². The summed E-state index contributed by atoms with van der Waals surface area (Å²) < 4.78 is 48.6. The molecule has 6 heteroatoms. The van der Waals surface area contributed by atoms with E-state index in [0.29, 0.717) is 6.07 Å². The molecule has 1 heterocycles. The third kappa shape index (κ3) is 1.57. The van der Waals surface area contributed by atoms with E-state index in [1.165, 1.54) is 7.05 Å². The molecule has 0 saturated heterocycles. The molecule has 0 N–H and O–H groups in total. The lowest BCUT2D eigenvalue weighted by Crippen LogP contribution is -2.06. The van der Waals surface area contributed by atoms with Crippen molar-refractivity contribution < 1.29 is 17.6 Å². The molecule has 1 rings (SSSR count). The number of halogens is 4. The van der Waals surface area contributed by atoms with Gasteiger partial charge in [-0.3, -0.25) is 4.68 Å². The fourth-order valence-electron chi connectivity index (χ4n) is 0.770. The first-order valence-electron chi connectivity index (χ1n) is 3.11. The van der Waals surface area contributed by atoms with Crippen molar-refractivity contribution in [2.45, 2.75) is 12.9 Å². The van der Waals surface area contributed by atoms with Gasteiger partial charge in [-0.1, -0.05) is 0 Å². The number of hydrogen-bond donors (Lipinski definition) is 0. The summed E-state index contributed by atoms with van der Waals surface area (Å²) in [5.74, 6) is 0. The average molecular weight is 182 g/mol. The zero-order valence-electron chi connectivity index (χ0n) is 6.19. The van der Waals surface area contributed by atoms with E-state index in [1.807, 2.05) is 0 Å². The van der Waals surface area contributed by atoms with Crippen LogP contribution in [-0.2, 0) is 19.9 Å². The van der Waals surface area contributed by atoms with Crippen LogP contribution in [0.2, 0.25) is 0 Å². The summed E-state index contributed by atoms with van der Waals surface area (Å²) in [4.78, 5) is 0. The summed E-state index contributed by atoms with van der Waals surface area (Å²) in [6, 6.07) is 0.694. The van der Waals surface area contributed by atoms with Crippen LogP contribution in [0.4, 0.5) is 17.6 Å². The van der Waals surface area contributed by atoms with Crippen molar-refractivity contribution in [2.24, 2.45) is 7.05 Å². The number of aryl methyl sites for hydroxylation is 1. The van der Waals surface area contributed by atoms with Crippen LogP contribution in [0, 0.1) is 0 Å². The van der Waals surface area contributed by atoms with Crippen LogP contribution in [0.25, 0.3) is 0 Å². The standard InChI is InChI=1S/C6H6F4N2/c1-12-4(3-7)2-5(11-12)6(8,9)10/h2H,3H2,1H3. The maximum Gasteiger partial charge on any atom is 0.435 e. The van der Waals surface area contributed by atoms with Crippen molar-refractivity contribution >= 4 is 0 Å². The lowest BCUT2D eigenvalue weighted by Gasteiger charge is -1.98. The second kappa shape index (κ2) is 2.76. The first-order valence-corrected chi connectivity index (χ1v) is 3.11. The first kappa shape index (κ1) is 9.02. The highest BCUT2D eigenvalue weighted by molar-refractivity contribution is 5.12. The summed E-state index contributed by atoms with van der Waals surface area (Å²) in [5, 5.41) is 3.10. The van der Waals surface area contributed by atoms with Crippen molar-refractivity contribution in [3.8, 4) is 0 Å². The van der Waals surface area contributed by atoms with Gasteiger partial charge in [0.05, 0.1) is 5.69 Å². The molecule has 1 aromatic heterocycles. The minimum Gasteiger partial charge on any atom is -0.269 e. The van der Waals surface area contributed by atoms with Gasteiger partial charge in [-0.2, -0.15) is 18.3 Å². The Kier molecular flexibility index (Phi) is 2.08. The minimum atomic E-state index is -4.49. The van der Waals surface area contributed by atoms with Crippen LogP contribution in [-0.4, -0.2) is 9.78 Å². The lowest BCUT2D eigenvalue weighted by atomic mass is 10.3. The third-order valence-electron chi connectivity index (χ3n) is 1.40. The average Bonchev–Trinajstić information content (AvgIpc) is 2.29. The summed E-state index contributed by atoms with van der Waals surface area (Å²) in [6.45, 7) is -0.945. The Morgan fingerprint density at radius 3 is 2.33 bits per heavy atom. The monoisotopic (exact) mass is 182 g/mol. The highest BCUT2D eigenvalue weighted by Gasteiger charge is 2.34. The van der Waals surface area contributed by atoms with Crippen LogP contribution >= 0.6 is 0 Å². The van der Waals surface area contributed by atoms with Crippen molar-refractivity contribution in [1.82, 2.24) is 9.78 Å². The summed E-state index contributed by atoms with van der Waals surface area (Å²) in [7, 11) is 1.27. The van der Waals surface area contributed by atoms with Gasteiger partial charge in [0.25, 0.3) is 0 Å². The zero-order valence-corrected chi connectivity index (χ0v) is 6.19. The fraction of sp³-hybridized carbons (Fsp3) is 0.500. The second-order valence-corrected chi connectivity index (χ2v) is 2.28. The normalized spacial score (nSPS) is 12.1. The van der Waals surface area contributed by atoms with Gasteiger partial charge in [0, 0.05) is 7.05 Å². The number of nitrogens with zero attached hydrogens (tertiary/aromatic N) is 2. The van der Waals surface area contributed by atoms with E-state index in [9.17, 15) is 17.6 Å². The molecule has 0 atom stereocenters. The van der Waals surface area contributed by atoms with Gasteiger partial charge >= 0.3 is 6.18 Å². The Morgan fingerprint density at radius 1 is 1.50 bits per heavy atom. The zero-order chi connectivity index (χ0) is 9.35. The summed E-state index contributed by atoms with van der Waals surface area (Å²) >= 11 is 0. The van der Waals surface area contributed by atoms with Crippen LogP contribution in [0.3, 0.4) is 0 Å². The largest absolute Gasteiger partial charge is 0.435 e. The predicted molar refractivity (Wildman–Crippen MR) is 33.0 cm³/mol. The van der Waals surface area contributed by atoms with Crippen molar-refractivity contribution in [1.29, 1.82) is 0 Å². The van der Waals surface area contributed by atoms with E-state index < -0.39 is 18.5 Å². The molecule has 0 bridgehead atoms. The van der Waals surface area contributed by atoms with Crippen LogP contribution in [0.5, 0.6) is 0 Å². The quantitative estimate of drug-likeness (QED) is 0.606. The third-order valence-corrected chi connectivity index (χ3v) is 1.40. The molecule has 68 valence electrons. The maximum atomic E-state index is 12.0. The topological polar surface area (TPSA) is 17.8 Å². The Labute approximate surface area is 65.8 Å². The van der Waals surface area contributed by atoms with Crippen molar-refractivity contribution in [3.63, 3.8) is 0 Å². The molecule has 0 amide bonds. The van der Waals surface area contributed by atoms with Gasteiger partial charge in [0.15, 0.2) is 5.69 Å². The number of aromatic nitrogens is 2. The van der Waals surface area contributed by atoms with Crippen molar-refractivity contribution in [2.75, 3.05) is 0 Å². The van der Waals surface area contributed by atoms with E-state index in [4.69, 9.17) is 0 Å². The molecule has 0 unspecified atom stereocenters. The predicted octanol–water partition coefficient (Wildman–Crippen LogP) is 1.91. The summed E-state index contributed by atoms with van der Waals surface area (Å²) in [6.07, 6.45) is -4.49. The molecule has 0 fully saturated rings. The molecule has 0 aliphatic rings. The number of hydrogen-bond acceptors (Lipinski definition) is 1. The fourth-order valence-corrected chi connectivity index (χ4v) is 0.770. The van der Waals surface area contributed by atoms with E-state index in [1.54, 1.807) is 0 Å². The van der Waals surface area contributed by atoms with Gasteiger partial charge < -0.3 is 0 Å². The molecule has 2 nitrogen and oxygen atoms in total. The van der Waals surface area contributed by atoms with E-state index in [-0.39, 0.29) is 5.69 Å². The van der Waals surface area contributed by atoms with Gasteiger partial charge in [-0.25, -0.2) is 4.39 Å². The summed E-state index contributed by atoms with van der Waals surface area (Å²) in [5.41, 5.74) is -1.14. The number of alkyl halides is 4. The minimum absolute atomic E-state index is 0.0812. The van der Waals surface area contributed by atoms with E-state index in [0.717, 1.165) is 4.68 Å². The molecule has 1 aromatic rings. The molecular weight excluding hydrogens is 176 g/mol. The van der Waals surface area contributed by atoms with Crippen LogP contribution in [0.1, 0.15) is 11.4 Å². The Morgan fingerprint density at radius 2 is 2.08 bits per heavy atom. The number of rotatable bonds is 1. The SMILES string of the molecule is Cn1nc(C(F)(F)F)cc1CF. The van der Waals surface area contributed by atoms with Gasteiger partial charge in [0.1, 0.15) is 6.67 Å². The molecule has 0 aliphatic carbocycles. The second-order valence-electron chi connectivity index (χ2n) is 2.28. The Hall–Kier alpha value is -1.07. The first-order chi connectivity index (χ1) is 5.45. The Balaban J connectivity index is 3.05. The molecule has 0 radical (unpaired) electrons.